The average Bonchev–Trinajstić information content (AvgIpc) is 3.50. The van der Waals surface area contributed by atoms with Crippen LogP contribution in [0.3, 0.4) is 0 Å². The molecule has 11 nitrogen and oxygen atoms in total. The van der Waals surface area contributed by atoms with Crippen molar-refractivity contribution in [2.75, 3.05) is 7.11 Å². The van der Waals surface area contributed by atoms with Crippen molar-refractivity contribution in [2.45, 2.75) is 76.5 Å². The second-order valence-corrected chi connectivity index (χ2v) is 15.1. The molecule has 55 heavy (non-hydrogen) atoms. The summed E-state index contributed by atoms with van der Waals surface area (Å²) in [6.07, 6.45) is -1.76. The Kier molecular flexibility index (Phi) is 12.2. The highest BCUT2D eigenvalue weighted by Gasteiger charge is 2.40. The lowest BCUT2D eigenvalue weighted by Gasteiger charge is -2.35. The number of ether oxygens (including phenoxy) is 1. The summed E-state index contributed by atoms with van der Waals surface area (Å²) in [6.45, 7) is 5.72. The van der Waals surface area contributed by atoms with Gasteiger partial charge in [0.2, 0.25) is 11.8 Å². The molecule has 1 aliphatic rings. The number of hydrogen-bond donors (Lipinski definition) is 6. The van der Waals surface area contributed by atoms with Crippen LogP contribution in [-0.2, 0) is 29.0 Å². The Bertz CT molecular complexity index is 2100. The largest absolute Gasteiger partial charge is 0.497 e. The number of carbonyl (C=O) groups excluding carboxylic acids is 3. The molecule has 1 aromatic heterocycles. The number of para-hydroxylation sites is 1. The summed E-state index contributed by atoms with van der Waals surface area (Å²) in [5, 5.41) is 36.3. The van der Waals surface area contributed by atoms with Crippen LogP contribution >= 0.6 is 0 Å². The van der Waals surface area contributed by atoms with Crippen LogP contribution in [0.15, 0.2) is 115 Å². The minimum absolute atomic E-state index is 0.164. The lowest BCUT2D eigenvalue weighted by molar-refractivity contribution is -0.131. The van der Waals surface area contributed by atoms with E-state index < -0.39 is 59.5 Å². The van der Waals surface area contributed by atoms with Gasteiger partial charge in [0, 0.05) is 18.4 Å². The van der Waals surface area contributed by atoms with E-state index in [1.807, 2.05) is 118 Å². The fourth-order valence-corrected chi connectivity index (χ4v) is 7.03. The number of nitrogens with one attached hydrogen (secondary N) is 4. The van der Waals surface area contributed by atoms with Gasteiger partial charge in [-0.15, -0.1) is 0 Å². The standard InChI is InChI=1S/C44H49N5O6/c1-44(2,3)40(49-41(52)34-23-20-29-14-9-11-17-33(29)46-34)43(54)47-35(24-27-12-6-5-7-13-27)39(51)38(45-26-28-18-21-31(55-4)22-19-28)42(53)48-37-32-16-10-8-15-30(32)25-36(37)50/h5-23,35-40,45,50-51H,24-26H2,1-4H3,(H,47,54)(H,48,53)(H,49,52)/t35?,36?,37?,38?,39?,40-/m1/s1. The van der Waals surface area contributed by atoms with Crippen molar-refractivity contribution in [1.82, 2.24) is 26.3 Å². The molecule has 0 saturated carbocycles. The number of pyridine rings is 1. The van der Waals surface area contributed by atoms with Crippen molar-refractivity contribution >= 4 is 28.6 Å². The van der Waals surface area contributed by atoms with E-state index in [2.05, 4.69) is 26.3 Å². The first-order valence-corrected chi connectivity index (χ1v) is 18.5. The molecule has 0 radical (unpaired) electrons. The number of aliphatic hydroxyl groups excluding tert-OH is 2. The molecule has 1 aliphatic carbocycles. The van der Waals surface area contributed by atoms with E-state index in [0.29, 0.717) is 17.7 Å². The number of benzene rings is 4. The van der Waals surface area contributed by atoms with Crippen LogP contribution in [0.25, 0.3) is 10.9 Å². The quantitative estimate of drug-likeness (QED) is 0.0976. The molecule has 0 spiro atoms. The van der Waals surface area contributed by atoms with E-state index in [1.54, 1.807) is 25.3 Å². The van der Waals surface area contributed by atoms with Gasteiger partial charge in [0.15, 0.2) is 0 Å². The van der Waals surface area contributed by atoms with Crippen molar-refractivity contribution in [3.63, 3.8) is 0 Å². The van der Waals surface area contributed by atoms with Crippen LogP contribution in [0.5, 0.6) is 5.75 Å². The lowest BCUT2D eigenvalue weighted by atomic mass is 9.85. The molecule has 11 heteroatoms. The summed E-state index contributed by atoms with van der Waals surface area (Å²) in [7, 11) is 1.58. The van der Waals surface area contributed by atoms with E-state index in [0.717, 1.165) is 27.6 Å². The highest BCUT2D eigenvalue weighted by Crippen LogP contribution is 2.31. The van der Waals surface area contributed by atoms with Crippen LogP contribution in [0, 0.1) is 5.41 Å². The van der Waals surface area contributed by atoms with Crippen molar-refractivity contribution in [3.05, 3.63) is 143 Å². The molecule has 4 aromatic carbocycles. The topological polar surface area (TPSA) is 162 Å². The lowest BCUT2D eigenvalue weighted by Crippen LogP contribution is -2.62. The fourth-order valence-electron chi connectivity index (χ4n) is 7.03. The summed E-state index contributed by atoms with van der Waals surface area (Å²) in [5.41, 5.74) is 3.46. The number of rotatable bonds is 14. The highest BCUT2D eigenvalue weighted by atomic mass is 16.5. The van der Waals surface area contributed by atoms with E-state index in [4.69, 9.17) is 4.74 Å². The van der Waals surface area contributed by atoms with Gasteiger partial charge in [0.25, 0.3) is 5.91 Å². The summed E-state index contributed by atoms with van der Waals surface area (Å²) in [5.74, 6) is -0.919. The molecule has 6 rings (SSSR count). The maximum absolute atomic E-state index is 14.3. The number of nitrogens with zero attached hydrogens (tertiary/aromatic N) is 1. The van der Waals surface area contributed by atoms with Crippen molar-refractivity contribution in [1.29, 1.82) is 0 Å². The predicted molar refractivity (Wildman–Crippen MR) is 211 cm³/mol. The average molecular weight is 744 g/mol. The first-order chi connectivity index (χ1) is 26.4. The SMILES string of the molecule is COc1ccc(CNC(C(=O)NC2c3ccccc3CC2O)C(O)C(Cc2ccccc2)NC(=O)[C@@H](NC(=O)c2ccc3ccccc3n2)C(C)(C)C)cc1. The van der Waals surface area contributed by atoms with Crippen molar-refractivity contribution < 1.29 is 29.3 Å². The molecular formula is C44H49N5O6. The van der Waals surface area contributed by atoms with Crippen LogP contribution < -0.4 is 26.0 Å². The molecule has 6 atom stereocenters. The molecule has 3 amide bonds. The Morgan fingerprint density at radius 3 is 2.24 bits per heavy atom. The number of fused-ring (bicyclic) bond motifs is 2. The minimum Gasteiger partial charge on any atom is -0.497 e. The third kappa shape index (κ3) is 9.55. The Morgan fingerprint density at radius 2 is 1.51 bits per heavy atom. The van der Waals surface area contributed by atoms with Gasteiger partial charge in [-0.05, 0) is 58.4 Å². The molecule has 0 saturated heterocycles. The normalized spacial score (nSPS) is 17.3. The smallest absolute Gasteiger partial charge is 0.270 e. The zero-order chi connectivity index (χ0) is 39.1. The van der Waals surface area contributed by atoms with Crippen molar-refractivity contribution in [3.8, 4) is 5.75 Å². The Balaban J connectivity index is 1.28. The third-order valence-corrected chi connectivity index (χ3v) is 10.1. The number of hydrogen-bond acceptors (Lipinski definition) is 8. The molecule has 0 fully saturated rings. The van der Waals surface area contributed by atoms with Gasteiger partial charge in [-0.25, -0.2) is 4.98 Å². The van der Waals surface area contributed by atoms with Gasteiger partial charge < -0.3 is 30.9 Å². The number of aromatic nitrogens is 1. The highest BCUT2D eigenvalue weighted by molar-refractivity contribution is 5.98. The number of methoxy groups -OCH3 is 1. The summed E-state index contributed by atoms with van der Waals surface area (Å²) in [6, 6.07) is 31.2. The number of aliphatic hydroxyl groups is 2. The molecule has 0 aliphatic heterocycles. The second-order valence-electron chi connectivity index (χ2n) is 15.1. The molecule has 6 N–H and O–H groups in total. The van der Waals surface area contributed by atoms with Gasteiger partial charge in [-0.2, -0.15) is 0 Å². The van der Waals surface area contributed by atoms with Gasteiger partial charge >= 0.3 is 0 Å². The van der Waals surface area contributed by atoms with E-state index in [-0.39, 0.29) is 18.7 Å². The summed E-state index contributed by atoms with van der Waals surface area (Å²) in [4.78, 5) is 46.8. The van der Waals surface area contributed by atoms with Crippen molar-refractivity contribution in [2.24, 2.45) is 5.41 Å². The first kappa shape index (κ1) is 39.1. The molecular weight excluding hydrogens is 695 g/mol. The fraction of sp³-hybridized carbons (Fsp3) is 0.318. The third-order valence-electron chi connectivity index (χ3n) is 10.1. The summed E-state index contributed by atoms with van der Waals surface area (Å²) >= 11 is 0. The molecule has 5 unspecified atom stereocenters. The van der Waals surface area contributed by atoms with Crippen LogP contribution in [0.2, 0.25) is 0 Å². The predicted octanol–water partition coefficient (Wildman–Crippen LogP) is 4.41. The van der Waals surface area contributed by atoms with E-state index in [1.165, 1.54) is 0 Å². The van der Waals surface area contributed by atoms with Gasteiger partial charge in [-0.3, -0.25) is 19.7 Å². The van der Waals surface area contributed by atoms with Gasteiger partial charge in [0.05, 0.1) is 36.9 Å². The molecule has 5 aromatic rings. The molecule has 286 valence electrons. The maximum atomic E-state index is 14.3. The number of amides is 3. The van der Waals surface area contributed by atoms with Crippen LogP contribution in [-0.4, -0.2) is 70.4 Å². The molecule has 1 heterocycles. The molecule has 0 bridgehead atoms. The van der Waals surface area contributed by atoms with Gasteiger partial charge in [-0.1, -0.05) is 112 Å². The monoisotopic (exact) mass is 743 g/mol. The maximum Gasteiger partial charge on any atom is 0.270 e. The van der Waals surface area contributed by atoms with E-state index >= 15 is 0 Å². The van der Waals surface area contributed by atoms with Gasteiger partial charge in [0.1, 0.15) is 23.5 Å². The Morgan fingerprint density at radius 1 is 0.818 bits per heavy atom. The van der Waals surface area contributed by atoms with Crippen LogP contribution in [0.1, 0.15) is 59.6 Å². The second kappa shape index (κ2) is 17.2. The zero-order valence-electron chi connectivity index (χ0n) is 31.5. The summed E-state index contributed by atoms with van der Waals surface area (Å²) < 4.78 is 5.30. The Labute approximate surface area is 321 Å². The first-order valence-electron chi connectivity index (χ1n) is 18.5. The van der Waals surface area contributed by atoms with Crippen LogP contribution in [0.4, 0.5) is 0 Å². The zero-order valence-corrected chi connectivity index (χ0v) is 31.5. The Hall–Kier alpha value is -5.62. The van der Waals surface area contributed by atoms with E-state index in [9.17, 15) is 24.6 Å². The number of carbonyl (C=O) groups is 3. The minimum atomic E-state index is -1.46.